The fourth-order valence-corrected chi connectivity index (χ4v) is 0.664. The largest absolute Gasteiger partial charge is 0.351 e. The van der Waals surface area contributed by atoms with Crippen LogP contribution in [0.1, 0.15) is 0 Å². The summed E-state index contributed by atoms with van der Waals surface area (Å²) in [5, 5.41) is 2.44. The normalized spacial score (nSPS) is 9.73. The number of carbonyl (C=O) groups is 1. The number of rotatable bonds is 1. The number of hydrogen-bond acceptors (Lipinski definition) is 3. The Balaban J connectivity index is 0.000000336. The third kappa shape index (κ3) is 12.4. The SMILES string of the molecule is CS(=O)(=O)O.NC(=O)Nc1ccccc1. The molecule has 0 unspecified atom stereocenters. The minimum atomic E-state index is -3.67. The second kappa shape index (κ2) is 5.99. The summed E-state index contributed by atoms with van der Waals surface area (Å²) in [7, 11) is -3.67. The number of para-hydroxylation sites is 1. The molecule has 4 N–H and O–H groups in total. The smallest absolute Gasteiger partial charge is 0.316 e. The zero-order valence-electron chi connectivity index (χ0n) is 8.04. The molecule has 0 bridgehead atoms. The van der Waals surface area contributed by atoms with Crippen molar-refractivity contribution in [2.75, 3.05) is 11.6 Å². The molecule has 0 radical (unpaired) electrons. The third-order valence-electron chi connectivity index (χ3n) is 1.04. The van der Waals surface area contributed by atoms with E-state index < -0.39 is 16.1 Å². The van der Waals surface area contributed by atoms with Gasteiger partial charge in [-0.25, -0.2) is 4.79 Å². The zero-order valence-corrected chi connectivity index (χ0v) is 8.86. The number of nitrogens with one attached hydrogen (secondary N) is 1. The second-order valence-electron chi connectivity index (χ2n) is 2.59. The van der Waals surface area contributed by atoms with Gasteiger partial charge in [-0.2, -0.15) is 8.42 Å². The van der Waals surface area contributed by atoms with Crippen molar-refractivity contribution >= 4 is 21.8 Å². The third-order valence-corrected chi connectivity index (χ3v) is 1.04. The fourth-order valence-electron chi connectivity index (χ4n) is 0.664. The first kappa shape index (κ1) is 13.4. The van der Waals surface area contributed by atoms with Crippen molar-refractivity contribution in [3.8, 4) is 0 Å². The number of nitrogens with two attached hydrogens (primary N) is 1. The molecule has 0 aliphatic heterocycles. The van der Waals surface area contributed by atoms with E-state index in [1.54, 1.807) is 12.1 Å². The van der Waals surface area contributed by atoms with Crippen LogP contribution in [0, 0.1) is 0 Å². The van der Waals surface area contributed by atoms with Gasteiger partial charge >= 0.3 is 6.03 Å². The van der Waals surface area contributed by atoms with Crippen LogP contribution in [0.5, 0.6) is 0 Å². The lowest BCUT2D eigenvalue weighted by Gasteiger charge is -1.97. The van der Waals surface area contributed by atoms with Gasteiger partial charge in [0.15, 0.2) is 0 Å². The van der Waals surface area contributed by atoms with E-state index in [9.17, 15) is 13.2 Å². The highest BCUT2D eigenvalue weighted by atomic mass is 32.2. The Morgan fingerprint density at radius 1 is 1.33 bits per heavy atom. The predicted molar refractivity (Wildman–Crippen MR) is 57.1 cm³/mol. The van der Waals surface area contributed by atoms with Crippen LogP contribution in [0.2, 0.25) is 0 Å². The summed E-state index contributed by atoms with van der Waals surface area (Å²) < 4.78 is 25.9. The summed E-state index contributed by atoms with van der Waals surface area (Å²) in [4.78, 5) is 10.3. The first-order chi connectivity index (χ1) is 6.79. The van der Waals surface area contributed by atoms with Crippen LogP contribution in [0.25, 0.3) is 0 Å². The van der Waals surface area contributed by atoms with Crippen LogP contribution in [0.15, 0.2) is 30.3 Å². The lowest BCUT2D eigenvalue weighted by Crippen LogP contribution is -2.18. The van der Waals surface area contributed by atoms with E-state index >= 15 is 0 Å². The van der Waals surface area contributed by atoms with E-state index in [1.807, 2.05) is 18.2 Å². The van der Waals surface area contributed by atoms with E-state index in [0.717, 1.165) is 5.69 Å². The molecule has 2 amide bonds. The molecule has 1 aromatic rings. The van der Waals surface area contributed by atoms with Gasteiger partial charge in [0, 0.05) is 5.69 Å². The molecule has 0 spiro atoms. The maximum absolute atomic E-state index is 10.3. The Morgan fingerprint density at radius 3 is 2.07 bits per heavy atom. The van der Waals surface area contributed by atoms with Gasteiger partial charge in [-0.15, -0.1) is 0 Å². The summed E-state index contributed by atoms with van der Waals surface area (Å²) in [5.74, 6) is 0. The number of carbonyl (C=O) groups excluding carboxylic acids is 1. The van der Waals surface area contributed by atoms with Crippen LogP contribution >= 0.6 is 0 Å². The molecule has 1 aromatic carbocycles. The molecule has 0 saturated carbocycles. The van der Waals surface area contributed by atoms with E-state index in [1.165, 1.54) is 0 Å². The number of hydrogen-bond donors (Lipinski definition) is 3. The maximum Gasteiger partial charge on any atom is 0.316 e. The fraction of sp³-hybridized carbons (Fsp3) is 0.125. The maximum atomic E-state index is 10.3. The molecule has 0 fully saturated rings. The van der Waals surface area contributed by atoms with E-state index in [-0.39, 0.29) is 0 Å². The van der Waals surface area contributed by atoms with Gasteiger partial charge in [0.1, 0.15) is 0 Å². The van der Waals surface area contributed by atoms with Gasteiger partial charge in [0.25, 0.3) is 10.1 Å². The molecule has 15 heavy (non-hydrogen) atoms. The molecule has 84 valence electrons. The first-order valence-corrected chi connectivity index (χ1v) is 5.68. The Labute approximate surface area is 87.8 Å². The standard InChI is InChI=1S/C7H8N2O.CH4O3S/c8-7(10)9-6-4-2-1-3-5-6;1-5(2,3)4/h1-5H,(H3,8,9,10);1H3,(H,2,3,4). The Bertz CT molecular complexity index is 394. The molecule has 0 aromatic heterocycles. The monoisotopic (exact) mass is 232 g/mol. The summed E-state index contributed by atoms with van der Waals surface area (Å²) in [6.45, 7) is 0. The van der Waals surface area contributed by atoms with Crippen molar-refractivity contribution < 1.29 is 17.8 Å². The van der Waals surface area contributed by atoms with Crippen LogP contribution < -0.4 is 11.1 Å². The van der Waals surface area contributed by atoms with Gasteiger partial charge in [-0.1, -0.05) is 18.2 Å². The summed E-state index contributed by atoms with van der Waals surface area (Å²) in [6.07, 6.45) is 0.715. The molecule has 0 atom stereocenters. The second-order valence-corrected chi connectivity index (χ2v) is 4.05. The highest BCUT2D eigenvalue weighted by Crippen LogP contribution is 2.03. The van der Waals surface area contributed by atoms with Crippen LogP contribution in [0.4, 0.5) is 10.5 Å². The minimum absolute atomic E-state index is 0.536. The Morgan fingerprint density at radius 2 is 1.73 bits per heavy atom. The predicted octanol–water partition coefficient (Wildman–Crippen LogP) is 0.681. The van der Waals surface area contributed by atoms with Crippen molar-refractivity contribution in [1.82, 2.24) is 0 Å². The van der Waals surface area contributed by atoms with Gasteiger partial charge in [0.05, 0.1) is 6.26 Å². The minimum Gasteiger partial charge on any atom is -0.351 e. The van der Waals surface area contributed by atoms with Crippen molar-refractivity contribution in [2.24, 2.45) is 5.73 Å². The molecule has 1 rings (SSSR count). The highest BCUT2D eigenvalue weighted by molar-refractivity contribution is 7.85. The topological polar surface area (TPSA) is 109 Å². The average molecular weight is 232 g/mol. The van der Waals surface area contributed by atoms with Gasteiger partial charge in [-0.3, -0.25) is 4.55 Å². The van der Waals surface area contributed by atoms with E-state index in [2.05, 4.69) is 5.32 Å². The average Bonchev–Trinajstić information content (AvgIpc) is 2.01. The number of benzene rings is 1. The Hall–Kier alpha value is -1.60. The lowest BCUT2D eigenvalue weighted by molar-refractivity contribution is 0.259. The molecule has 7 heteroatoms. The quantitative estimate of drug-likeness (QED) is 0.618. The van der Waals surface area contributed by atoms with Crippen molar-refractivity contribution in [1.29, 1.82) is 0 Å². The van der Waals surface area contributed by atoms with Crippen molar-refractivity contribution in [3.05, 3.63) is 30.3 Å². The van der Waals surface area contributed by atoms with E-state index in [4.69, 9.17) is 10.3 Å². The number of urea groups is 1. The van der Waals surface area contributed by atoms with Crippen molar-refractivity contribution in [2.45, 2.75) is 0 Å². The van der Waals surface area contributed by atoms with Gasteiger partial charge in [0.2, 0.25) is 0 Å². The summed E-state index contributed by atoms with van der Waals surface area (Å²) in [5.41, 5.74) is 5.59. The summed E-state index contributed by atoms with van der Waals surface area (Å²) >= 11 is 0. The molecule has 0 aliphatic rings. The van der Waals surface area contributed by atoms with Crippen molar-refractivity contribution in [3.63, 3.8) is 0 Å². The van der Waals surface area contributed by atoms with Crippen LogP contribution in [0.3, 0.4) is 0 Å². The molecular weight excluding hydrogens is 220 g/mol. The molecule has 0 aliphatic carbocycles. The van der Waals surface area contributed by atoms with Gasteiger partial charge in [-0.05, 0) is 12.1 Å². The molecule has 0 saturated heterocycles. The zero-order chi connectivity index (χ0) is 11.9. The van der Waals surface area contributed by atoms with Gasteiger partial charge < -0.3 is 11.1 Å². The van der Waals surface area contributed by atoms with Crippen LogP contribution in [-0.2, 0) is 10.1 Å². The number of anilines is 1. The first-order valence-electron chi connectivity index (χ1n) is 3.83. The number of primary amides is 1. The van der Waals surface area contributed by atoms with E-state index in [0.29, 0.717) is 6.26 Å². The molecular formula is C8H12N2O4S. The molecule has 0 heterocycles. The van der Waals surface area contributed by atoms with Crippen LogP contribution in [-0.4, -0.2) is 25.3 Å². The lowest BCUT2D eigenvalue weighted by atomic mass is 10.3. The number of amides is 2. The Kier molecular flexibility index (Phi) is 5.35. The highest BCUT2D eigenvalue weighted by Gasteiger charge is 1.90. The summed E-state index contributed by atoms with van der Waals surface area (Å²) in [6, 6.07) is 8.52. The molecule has 6 nitrogen and oxygen atoms in total.